The van der Waals surface area contributed by atoms with Gasteiger partial charge in [-0.2, -0.15) is 0 Å². The number of nitrogens with zero attached hydrogens (tertiary/aromatic N) is 4. The van der Waals surface area contributed by atoms with E-state index in [4.69, 9.17) is 0 Å². The summed E-state index contributed by atoms with van der Waals surface area (Å²) in [7, 11) is -3.01. The second-order valence-corrected chi connectivity index (χ2v) is 10.0. The molecule has 0 unspecified atom stereocenters. The van der Waals surface area contributed by atoms with Crippen LogP contribution in [0.25, 0.3) is 0 Å². The first kappa shape index (κ1) is 21.0. The monoisotopic (exact) mass is 410 g/mol. The minimum absolute atomic E-state index is 0.0272. The average Bonchev–Trinajstić information content (AvgIpc) is 2.67. The molecule has 0 spiro atoms. The van der Waals surface area contributed by atoms with Crippen molar-refractivity contribution in [3.05, 3.63) is 23.9 Å². The predicted octanol–water partition coefficient (Wildman–Crippen LogP) is 0.234. The molecular formula is C19H30N4O4S. The Bertz CT molecular complexity index is 768. The fourth-order valence-corrected chi connectivity index (χ4v) is 5.07. The molecule has 3 heterocycles. The van der Waals surface area contributed by atoms with Gasteiger partial charge in [0.2, 0.25) is 0 Å². The second-order valence-electron chi connectivity index (χ2n) is 7.70. The number of carbonyl (C=O) groups is 1. The van der Waals surface area contributed by atoms with Crippen molar-refractivity contribution in [2.45, 2.75) is 32.4 Å². The van der Waals surface area contributed by atoms with Crippen molar-refractivity contribution < 1.29 is 18.3 Å². The van der Waals surface area contributed by atoms with Crippen molar-refractivity contribution in [1.82, 2.24) is 14.8 Å². The molecule has 0 aromatic carbocycles. The van der Waals surface area contributed by atoms with Crippen LogP contribution in [0.3, 0.4) is 0 Å². The highest BCUT2D eigenvalue weighted by Crippen LogP contribution is 2.20. The van der Waals surface area contributed by atoms with Crippen LogP contribution in [-0.4, -0.2) is 97.1 Å². The Labute approximate surface area is 167 Å². The van der Waals surface area contributed by atoms with Crippen LogP contribution in [0, 0.1) is 0 Å². The molecule has 2 saturated heterocycles. The highest BCUT2D eigenvalue weighted by atomic mass is 32.2. The van der Waals surface area contributed by atoms with Crippen molar-refractivity contribution in [1.29, 1.82) is 0 Å². The summed E-state index contributed by atoms with van der Waals surface area (Å²) in [6, 6.07) is 4.00. The number of anilines is 1. The minimum Gasteiger partial charge on any atom is -0.392 e. The van der Waals surface area contributed by atoms with Gasteiger partial charge < -0.3 is 14.9 Å². The third-order valence-corrected chi connectivity index (χ3v) is 7.13. The number of amides is 1. The Morgan fingerprint density at radius 1 is 1.25 bits per heavy atom. The lowest BCUT2D eigenvalue weighted by Gasteiger charge is -2.42. The third kappa shape index (κ3) is 5.01. The molecule has 28 heavy (non-hydrogen) atoms. The highest BCUT2D eigenvalue weighted by molar-refractivity contribution is 7.91. The van der Waals surface area contributed by atoms with E-state index in [0.29, 0.717) is 18.2 Å². The molecule has 0 saturated carbocycles. The number of aliphatic hydroxyl groups is 1. The number of β-amino-alcohol motifs (C(OH)–C–C–N with tert-alkyl or cyclic N) is 1. The Morgan fingerprint density at radius 2 is 1.96 bits per heavy atom. The first-order valence-corrected chi connectivity index (χ1v) is 11.7. The molecule has 2 fully saturated rings. The summed E-state index contributed by atoms with van der Waals surface area (Å²) in [5, 5.41) is 9.68. The molecule has 9 heteroatoms. The van der Waals surface area contributed by atoms with Crippen LogP contribution in [0.1, 0.15) is 30.6 Å². The van der Waals surface area contributed by atoms with Crippen molar-refractivity contribution in [3.8, 4) is 0 Å². The van der Waals surface area contributed by atoms with Gasteiger partial charge in [-0.3, -0.25) is 9.69 Å². The van der Waals surface area contributed by atoms with E-state index in [0.717, 1.165) is 31.9 Å². The fourth-order valence-electron chi connectivity index (χ4n) is 3.87. The SMILES string of the molecule is CC[C@H]1CN(c2ccc(C(=O)N3CCS(=O)(=O)CC3)cn2)CCN1C[C@@H](C)O. The zero-order valence-electron chi connectivity index (χ0n) is 16.6. The molecule has 1 aromatic rings. The van der Waals surface area contributed by atoms with Crippen LogP contribution >= 0.6 is 0 Å². The molecule has 0 radical (unpaired) electrons. The van der Waals surface area contributed by atoms with Gasteiger partial charge in [-0.25, -0.2) is 13.4 Å². The lowest BCUT2D eigenvalue weighted by Crippen LogP contribution is -2.54. The Kier molecular flexibility index (Phi) is 6.57. The van der Waals surface area contributed by atoms with E-state index in [2.05, 4.69) is 21.7 Å². The van der Waals surface area contributed by atoms with E-state index in [1.807, 2.05) is 13.0 Å². The van der Waals surface area contributed by atoms with E-state index in [1.165, 1.54) is 0 Å². The maximum Gasteiger partial charge on any atom is 0.255 e. The largest absolute Gasteiger partial charge is 0.392 e. The first-order valence-electron chi connectivity index (χ1n) is 9.92. The predicted molar refractivity (Wildman–Crippen MR) is 108 cm³/mol. The van der Waals surface area contributed by atoms with Crippen molar-refractivity contribution >= 4 is 21.6 Å². The lowest BCUT2D eigenvalue weighted by atomic mass is 10.1. The van der Waals surface area contributed by atoms with Gasteiger partial charge in [-0.05, 0) is 25.5 Å². The Morgan fingerprint density at radius 3 is 2.54 bits per heavy atom. The molecule has 1 amide bonds. The first-order chi connectivity index (χ1) is 13.3. The standard InChI is InChI=1S/C19H30N4O4S/c1-3-17-14-23(7-6-22(17)13-15(2)24)18-5-4-16(12-20-18)19(25)21-8-10-28(26,27)11-9-21/h4-5,12,15,17,24H,3,6-11,13-14H2,1-2H3/t15-,17+/m1/s1. The summed E-state index contributed by atoms with van der Waals surface area (Å²) in [6.07, 6.45) is 2.25. The number of aromatic nitrogens is 1. The van der Waals surface area contributed by atoms with Gasteiger partial charge in [0.15, 0.2) is 9.84 Å². The van der Waals surface area contributed by atoms with Crippen LogP contribution in [-0.2, 0) is 9.84 Å². The number of hydrogen-bond acceptors (Lipinski definition) is 7. The van der Waals surface area contributed by atoms with Crippen molar-refractivity contribution in [2.75, 3.05) is 55.7 Å². The van der Waals surface area contributed by atoms with Gasteiger partial charge in [0.05, 0.1) is 23.2 Å². The fraction of sp³-hybridized carbons (Fsp3) is 0.684. The number of rotatable bonds is 5. The van der Waals surface area contributed by atoms with Gasteiger partial charge >= 0.3 is 0 Å². The van der Waals surface area contributed by atoms with E-state index < -0.39 is 9.84 Å². The number of carbonyl (C=O) groups excluding carboxylic acids is 1. The van der Waals surface area contributed by atoms with E-state index in [1.54, 1.807) is 17.2 Å². The van der Waals surface area contributed by atoms with Crippen molar-refractivity contribution in [3.63, 3.8) is 0 Å². The van der Waals surface area contributed by atoms with E-state index >= 15 is 0 Å². The molecule has 2 aliphatic rings. The minimum atomic E-state index is -3.01. The lowest BCUT2D eigenvalue weighted by molar-refractivity contribution is 0.0770. The summed E-state index contributed by atoms with van der Waals surface area (Å²) >= 11 is 0. The molecule has 156 valence electrons. The van der Waals surface area contributed by atoms with Gasteiger partial charge in [0, 0.05) is 51.5 Å². The highest BCUT2D eigenvalue weighted by Gasteiger charge is 2.28. The van der Waals surface area contributed by atoms with Gasteiger partial charge in [-0.15, -0.1) is 0 Å². The molecular weight excluding hydrogens is 380 g/mol. The van der Waals surface area contributed by atoms with Gasteiger partial charge in [0.25, 0.3) is 5.91 Å². The molecule has 1 N–H and O–H groups in total. The van der Waals surface area contributed by atoms with Gasteiger partial charge in [0.1, 0.15) is 5.82 Å². The van der Waals surface area contributed by atoms with Crippen LogP contribution in [0.2, 0.25) is 0 Å². The number of sulfone groups is 1. The van der Waals surface area contributed by atoms with Gasteiger partial charge in [-0.1, -0.05) is 6.92 Å². The smallest absolute Gasteiger partial charge is 0.255 e. The third-order valence-electron chi connectivity index (χ3n) is 5.53. The summed E-state index contributed by atoms with van der Waals surface area (Å²) in [6.45, 7) is 7.66. The molecule has 0 bridgehead atoms. The number of pyridine rings is 1. The molecule has 2 aliphatic heterocycles. The molecule has 1 aromatic heterocycles. The molecule has 0 aliphatic carbocycles. The van der Waals surface area contributed by atoms with E-state index in [9.17, 15) is 18.3 Å². The van der Waals surface area contributed by atoms with E-state index in [-0.39, 0.29) is 36.6 Å². The Balaban J connectivity index is 1.62. The summed E-state index contributed by atoms with van der Waals surface area (Å²) in [4.78, 5) is 23.2. The topological polar surface area (TPSA) is 94.1 Å². The van der Waals surface area contributed by atoms with Crippen LogP contribution in [0.4, 0.5) is 5.82 Å². The van der Waals surface area contributed by atoms with Crippen molar-refractivity contribution in [2.24, 2.45) is 0 Å². The zero-order valence-corrected chi connectivity index (χ0v) is 17.4. The summed E-state index contributed by atoms with van der Waals surface area (Å²) < 4.78 is 23.1. The Hall–Kier alpha value is -1.71. The molecule has 8 nitrogen and oxygen atoms in total. The number of piperazine rings is 1. The maximum atomic E-state index is 12.6. The molecule has 2 atom stereocenters. The van der Waals surface area contributed by atoms with Crippen LogP contribution in [0.15, 0.2) is 18.3 Å². The number of aliphatic hydroxyl groups excluding tert-OH is 1. The second kappa shape index (κ2) is 8.75. The average molecular weight is 411 g/mol. The number of hydrogen-bond donors (Lipinski definition) is 1. The quantitative estimate of drug-likeness (QED) is 0.743. The summed E-state index contributed by atoms with van der Waals surface area (Å²) in [5.41, 5.74) is 0.489. The zero-order chi connectivity index (χ0) is 20.3. The maximum absolute atomic E-state index is 12.6. The van der Waals surface area contributed by atoms with Crippen LogP contribution < -0.4 is 4.90 Å². The molecule has 3 rings (SSSR count). The summed E-state index contributed by atoms with van der Waals surface area (Å²) in [5.74, 6) is 0.730. The van der Waals surface area contributed by atoms with Crippen LogP contribution in [0.5, 0.6) is 0 Å². The normalized spacial score (nSPS) is 24.2.